The number of anilines is 1. The molecule has 27 heavy (non-hydrogen) atoms. The van der Waals surface area contributed by atoms with Gasteiger partial charge in [-0.15, -0.1) is 0 Å². The molecule has 3 heterocycles. The first-order valence-electron chi connectivity index (χ1n) is 8.96. The van der Waals surface area contributed by atoms with Crippen LogP contribution < -0.4 is 14.4 Å². The van der Waals surface area contributed by atoms with Gasteiger partial charge in [0.25, 0.3) is 5.91 Å². The Bertz CT molecular complexity index is 780. The number of amides is 1. The summed E-state index contributed by atoms with van der Waals surface area (Å²) in [5, 5.41) is 0.843. The number of hydrogen-bond acceptors (Lipinski definition) is 8. The van der Waals surface area contributed by atoms with Crippen molar-refractivity contribution in [1.82, 2.24) is 9.88 Å². The van der Waals surface area contributed by atoms with Crippen molar-refractivity contribution in [2.75, 3.05) is 65.1 Å². The van der Waals surface area contributed by atoms with Crippen molar-refractivity contribution in [2.45, 2.75) is 6.10 Å². The van der Waals surface area contributed by atoms with Crippen molar-refractivity contribution in [3.8, 4) is 11.5 Å². The summed E-state index contributed by atoms with van der Waals surface area (Å²) in [5.74, 6) is 1.51. The number of nitrogens with zero attached hydrogens (tertiary/aromatic N) is 3. The number of carbonyl (C=O) groups is 1. The van der Waals surface area contributed by atoms with Gasteiger partial charge in [-0.25, -0.2) is 4.98 Å². The number of methoxy groups -OCH3 is 2. The number of morpholine rings is 2. The fourth-order valence-electron chi connectivity index (χ4n) is 3.37. The third-order valence-electron chi connectivity index (χ3n) is 4.83. The van der Waals surface area contributed by atoms with E-state index in [1.807, 2.05) is 17.0 Å². The second kappa shape index (κ2) is 7.87. The van der Waals surface area contributed by atoms with Gasteiger partial charge in [0.1, 0.15) is 21.7 Å². The Labute approximate surface area is 161 Å². The predicted octanol–water partition coefficient (Wildman–Crippen LogP) is 1.38. The van der Waals surface area contributed by atoms with Gasteiger partial charge in [-0.05, 0) is 12.1 Å². The molecule has 2 fully saturated rings. The van der Waals surface area contributed by atoms with Crippen LogP contribution in [0.5, 0.6) is 11.5 Å². The molecule has 4 rings (SSSR count). The molecule has 8 nitrogen and oxygen atoms in total. The molecule has 1 aromatic heterocycles. The lowest BCUT2D eigenvalue weighted by atomic mass is 10.2. The minimum atomic E-state index is -0.479. The highest BCUT2D eigenvalue weighted by Gasteiger charge is 2.32. The summed E-state index contributed by atoms with van der Waals surface area (Å²) < 4.78 is 22.9. The molecule has 0 N–H and O–H groups in total. The highest BCUT2D eigenvalue weighted by molar-refractivity contribution is 7.22. The largest absolute Gasteiger partial charge is 0.495 e. The Kier molecular flexibility index (Phi) is 5.33. The third kappa shape index (κ3) is 3.54. The number of fused-ring (bicyclic) bond motifs is 1. The number of aromatic nitrogens is 1. The van der Waals surface area contributed by atoms with Crippen LogP contribution in [0.1, 0.15) is 0 Å². The molecule has 0 bridgehead atoms. The molecule has 146 valence electrons. The van der Waals surface area contributed by atoms with Crippen LogP contribution in [0.25, 0.3) is 10.2 Å². The van der Waals surface area contributed by atoms with Gasteiger partial charge in [-0.1, -0.05) is 11.3 Å². The van der Waals surface area contributed by atoms with Crippen LogP contribution in [0.15, 0.2) is 12.1 Å². The molecule has 1 atom stereocenters. The van der Waals surface area contributed by atoms with Crippen molar-refractivity contribution < 1.29 is 23.7 Å². The molecular weight excluding hydrogens is 370 g/mol. The Morgan fingerprint density at radius 1 is 1.15 bits per heavy atom. The molecule has 9 heteroatoms. The summed E-state index contributed by atoms with van der Waals surface area (Å²) in [6.07, 6.45) is -0.479. The SMILES string of the molecule is COc1ccc(OC)c2sc(N3CCOC(C(=O)N4CCOCC4)C3)nc12. The van der Waals surface area contributed by atoms with E-state index in [1.165, 1.54) is 0 Å². The first kappa shape index (κ1) is 18.3. The number of hydrogen-bond donors (Lipinski definition) is 0. The summed E-state index contributed by atoms with van der Waals surface area (Å²) in [5.41, 5.74) is 0.777. The maximum Gasteiger partial charge on any atom is 0.253 e. The highest BCUT2D eigenvalue weighted by atomic mass is 32.1. The van der Waals surface area contributed by atoms with Gasteiger partial charge < -0.3 is 28.7 Å². The number of carbonyl (C=O) groups excluding carboxylic acids is 1. The molecule has 0 radical (unpaired) electrons. The first-order valence-corrected chi connectivity index (χ1v) is 9.77. The van der Waals surface area contributed by atoms with Crippen molar-refractivity contribution in [3.63, 3.8) is 0 Å². The van der Waals surface area contributed by atoms with Crippen LogP contribution in [0.4, 0.5) is 5.13 Å². The minimum absolute atomic E-state index is 0.0271. The zero-order valence-electron chi connectivity index (χ0n) is 15.5. The second-order valence-corrected chi connectivity index (χ2v) is 7.36. The standard InChI is InChI=1S/C18H23N3O5S/c1-23-12-3-4-13(24-2)16-15(12)19-18(27-16)21-7-10-26-14(11-21)17(22)20-5-8-25-9-6-20/h3-4,14H,5-11H2,1-2H3. The molecule has 1 amide bonds. The Hall–Kier alpha value is -2.10. The van der Waals surface area contributed by atoms with Gasteiger partial charge in [0.05, 0.1) is 40.6 Å². The van der Waals surface area contributed by atoms with E-state index in [4.69, 9.17) is 23.9 Å². The van der Waals surface area contributed by atoms with Crippen LogP contribution in [-0.4, -0.2) is 82.1 Å². The van der Waals surface area contributed by atoms with E-state index < -0.39 is 6.10 Å². The third-order valence-corrected chi connectivity index (χ3v) is 5.96. The molecular formula is C18H23N3O5S. The molecule has 2 aromatic rings. The smallest absolute Gasteiger partial charge is 0.253 e. The molecule has 2 aliphatic heterocycles. The van der Waals surface area contributed by atoms with E-state index in [-0.39, 0.29) is 5.91 Å². The fourth-order valence-corrected chi connectivity index (χ4v) is 4.48. The van der Waals surface area contributed by atoms with Crippen LogP contribution in [0.3, 0.4) is 0 Å². The Morgan fingerprint density at radius 3 is 2.63 bits per heavy atom. The van der Waals surface area contributed by atoms with Gasteiger partial charge in [0.2, 0.25) is 0 Å². The lowest BCUT2D eigenvalue weighted by molar-refractivity contribution is -0.148. The molecule has 1 aromatic carbocycles. The zero-order valence-corrected chi connectivity index (χ0v) is 16.3. The number of rotatable bonds is 4. The normalized spacial score (nSPS) is 20.7. The van der Waals surface area contributed by atoms with E-state index in [1.54, 1.807) is 25.6 Å². The van der Waals surface area contributed by atoms with E-state index >= 15 is 0 Å². The van der Waals surface area contributed by atoms with Gasteiger partial charge in [-0.3, -0.25) is 4.79 Å². The first-order chi connectivity index (χ1) is 13.2. The Balaban J connectivity index is 1.56. The summed E-state index contributed by atoms with van der Waals surface area (Å²) in [6.45, 7) is 4.07. The molecule has 0 aliphatic carbocycles. The van der Waals surface area contributed by atoms with Gasteiger partial charge in [0, 0.05) is 19.6 Å². The number of ether oxygens (including phenoxy) is 4. The fraction of sp³-hybridized carbons (Fsp3) is 0.556. The van der Waals surface area contributed by atoms with Crippen molar-refractivity contribution in [2.24, 2.45) is 0 Å². The van der Waals surface area contributed by atoms with E-state index in [2.05, 4.69) is 4.90 Å². The summed E-state index contributed by atoms with van der Waals surface area (Å²) in [6, 6.07) is 3.74. The zero-order chi connectivity index (χ0) is 18.8. The summed E-state index contributed by atoms with van der Waals surface area (Å²) >= 11 is 1.54. The average molecular weight is 393 g/mol. The van der Waals surface area contributed by atoms with Gasteiger partial charge >= 0.3 is 0 Å². The maximum absolute atomic E-state index is 12.8. The molecule has 0 spiro atoms. The maximum atomic E-state index is 12.8. The number of benzene rings is 1. The van der Waals surface area contributed by atoms with Gasteiger partial charge in [-0.2, -0.15) is 0 Å². The molecule has 0 saturated carbocycles. The van der Waals surface area contributed by atoms with Crippen LogP contribution in [0, 0.1) is 0 Å². The number of thiazole rings is 1. The second-order valence-electron chi connectivity index (χ2n) is 6.39. The monoisotopic (exact) mass is 393 g/mol. The van der Waals surface area contributed by atoms with Crippen LogP contribution in [0.2, 0.25) is 0 Å². The quantitative estimate of drug-likeness (QED) is 0.777. The van der Waals surface area contributed by atoms with Crippen molar-refractivity contribution >= 4 is 32.6 Å². The van der Waals surface area contributed by atoms with E-state index in [9.17, 15) is 4.79 Å². The topological polar surface area (TPSA) is 73.4 Å². The molecule has 2 aliphatic rings. The summed E-state index contributed by atoms with van der Waals surface area (Å²) in [4.78, 5) is 21.5. The van der Waals surface area contributed by atoms with Crippen molar-refractivity contribution in [3.05, 3.63) is 12.1 Å². The van der Waals surface area contributed by atoms with Crippen LogP contribution in [-0.2, 0) is 14.3 Å². The molecule has 1 unspecified atom stereocenters. The lowest BCUT2D eigenvalue weighted by Crippen LogP contribution is -2.53. The van der Waals surface area contributed by atoms with Crippen molar-refractivity contribution in [1.29, 1.82) is 0 Å². The van der Waals surface area contributed by atoms with Gasteiger partial charge in [0.15, 0.2) is 11.2 Å². The predicted molar refractivity (Wildman–Crippen MR) is 102 cm³/mol. The van der Waals surface area contributed by atoms with Crippen LogP contribution >= 0.6 is 11.3 Å². The summed E-state index contributed by atoms with van der Waals surface area (Å²) in [7, 11) is 3.28. The average Bonchev–Trinajstić information content (AvgIpc) is 3.19. The minimum Gasteiger partial charge on any atom is -0.495 e. The van der Waals surface area contributed by atoms with E-state index in [0.717, 1.165) is 21.1 Å². The highest BCUT2D eigenvalue weighted by Crippen LogP contribution is 2.40. The molecule has 2 saturated heterocycles. The van der Waals surface area contributed by atoms with E-state index in [0.29, 0.717) is 51.7 Å². The lowest BCUT2D eigenvalue weighted by Gasteiger charge is -2.36. The Morgan fingerprint density at radius 2 is 1.89 bits per heavy atom.